The van der Waals surface area contributed by atoms with Gasteiger partial charge in [-0.25, -0.2) is 13.8 Å². The Morgan fingerprint density at radius 1 is 1.41 bits per heavy atom. The SMILES string of the molecule is CCCc1ncc(C(=O)NCC(O)c2c(F)cccc2F)s1. The molecule has 2 aromatic rings. The van der Waals surface area contributed by atoms with Gasteiger partial charge in [0.1, 0.15) is 22.6 Å². The number of benzene rings is 1. The Balaban J connectivity index is 1.98. The first-order valence-corrected chi connectivity index (χ1v) is 7.69. The van der Waals surface area contributed by atoms with E-state index >= 15 is 0 Å². The average Bonchev–Trinajstić information content (AvgIpc) is 2.93. The van der Waals surface area contributed by atoms with Crippen molar-refractivity contribution in [2.75, 3.05) is 6.54 Å². The number of hydrogen-bond donors (Lipinski definition) is 2. The van der Waals surface area contributed by atoms with Gasteiger partial charge in [0.2, 0.25) is 0 Å². The number of carbonyl (C=O) groups excluding carboxylic acids is 1. The van der Waals surface area contributed by atoms with Crippen LogP contribution in [0.1, 0.15) is 39.7 Å². The van der Waals surface area contributed by atoms with Crippen molar-refractivity contribution < 1.29 is 18.7 Å². The minimum Gasteiger partial charge on any atom is -0.386 e. The standard InChI is InChI=1S/C15H16F2N2O2S/c1-2-4-13-18-8-12(22-13)15(21)19-7-11(20)14-9(16)5-3-6-10(14)17/h3,5-6,8,11,20H,2,4,7H2,1H3,(H,19,21). The van der Waals surface area contributed by atoms with Crippen LogP contribution in [-0.4, -0.2) is 22.5 Å². The van der Waals surface area contributed by atoms with Crippen molar-refractivity contribution in [2.24, 2.45) is 0 Å². The zero-order chi connectivity index (χ0) is 16.1. The summed E-state index contributed by atoms with van der Waals surface area (Å²) in [6, 6.07) is 3.33. The van der Waals surface area contributed by atoms with Gasteiger partial charge in [0, 0.05) is 6.54 Å². The van der Waals surface area contributed by atoms with Crippen molar-refractivity contribution in [1.82, 2.24) is 10.3 Å². The molecule has 2 rings (SSSR count). The smallest absolute Gasteiger partial charge is 0.263 e. The Hall–Kier alpha value is -1.86. The van der Waals surface area contributed by atoms with Crippen LogP contribution in [0.4, 0.5) is 8.78 Å². The summed E-state index contributed by atoms with van der Waals surface area (Å²) in [6.07, 6.45) is 1.73. The second kappa shape index (κ2) is 7.42. The lowest BCUT2D eigenvalue weighted by Gasteiger charge is -2.13. The first kappa shape index (κ1) is 16.5. The van der Waals surface area contributed by atoms with Crippen molar-refractivity contribution in [3.05, 3.63) is 51.5 Å². The van der Waals surface area contributed by atoms with E-state index in [-0.39, 0.29) is 6.54 Å². The molecular weight excluding hydrogens is 310 g/mol. The van der Waals surface area contributed by atoms with Crippen molar-refractivity contribution in [1.29, 1.82) is 0 Å². The van der Waals surface area contributed by atoms with Gasteiger partial charge in [-0.3, -0.25) is 4.79 Å². The molecule has 1 aromatic heterocycles. The Morgan fingerprint density at radius 3 is 2.73 bits per heavy atom. The summed E-state index contributed by atoms with van der Waals surface area (Å²) in [4.78, 5) is 16.5. The lowest BCUT2D eigenvalue weighted by molar-refractivity contribution is 0.0915. The van der Waals surface area contributed by atoms with Crippen LogP contribution in [0.2, 0.25) is 0 Å². The molecule has 0 aliphatic carbocycles. The topological polar surface area (TPSA) is 62.2 Å². The van der Waals surface area contributed by atoms with E-state index in [1.54, 1.807) is 0 Å². The van der Waals surface area contributed by atoms with Crippen molar-refractivity contribution >= 4 is 17.2 Å². The number of aliphatic hydroxyl groups is 1. The minimum atomic E-state index is -1.45. The summed E-state index contributed by atoms with van der Waals surface area (Å²) in [5.41, 5.74) is -0.446. The largest absolute Gasteiger partial charge is 0.386 e. The third-order valence-corrected chi connectivity index (χ3v) is 4.09. The van der Waals surface area contributed by atoms with E-state index in [2.05, 4.69) is 10.3 Å². The Morgan fingerprint density at radius 2 is 2.09 bits per heavy atom. The normalized spacial score (nSPS) is 12.2. The van der Waals surface area contributed by atoms with Gasteiger partial charge >= 0.3 is 0 Å². The first-order chi connectivity index (χ1) is 10.5. The molecule has 1 heterocycles. The molecule has 0 aliphatic rings. The maximum atomic E-state index is 13.5. The number of amides is 1. The van der Waals surface area contributed by atoms with Crippen LogP contribution in [0, 0.1) is 11.6 Å². The number of thiazole rings is 1. The number of aromatic nitrogens is 1. The van der Waals surface area contributed by atoms with E-state index in [0.717, 1.165) is 30.0 Å². The molecule has 22 heavy (non-hydrogen) atoms. The van der Waals surface area contributed by atoms with Gasteiger partial charge in [0.15, 0.2) is 0 Å². The second-order valence-corrected chi connectivity index (χ2v) is 5.84. The molecule has 0 spiro atoms. The lowest BCUT2D eigenvalue weighted by atomic mass is 10.1. The monoisotopic (exact) mass is 326 g/mol. The van der Waals surface area contributed by atoms with E-state index in [1.807, 2.05) is 6.92 Å². The second-order valence-electron chi connectivity index (χ2n) is 4.73. The zero-order valence-electron chi connectivity index (χ0n) is 12.0. The summed E-state index contributed by atoms with van der Waals surface area (Å²) in [5.74, 6) is -2.11. The average molecular weight is 326 g/mol. The molecule has 1 aromatic carbocycles. The highest BCUT2D eigenvalue weighted by atomic mass is 32.1. The van der Waals surface area contributed by atoms with Crippen molar-refractivity contribution in [3.8, 4) is 0 Å². The molecule has 1 unspecified atom stereocenters. The molecule has 7 heteroatoms. The lowest BCUT2D eigenvalue weighted by Crippen LogP contribution is -2.28. The molecule has 0 fully saturated rings. The minimum absolute atomic E-state index is 0.280. The Labute approximate surface area is 130 Å². The summed E-state index contributed by atoms with van der Waals surface area (Å²) in [7, 11) is 0. The number of nitrogens with zero attached hydrogens (tertiary/aromatic N) is 1. The van der Waals surface area contributed by atoms with Crippen LogP contribution >= 0.6 is 11.3 Å². The summed E-state index contributed by atoms with van der Waals surface area (Å²) in [6.45, 7) is 1.73. The van der Waals surface area contributed by atoms with Crippen LogP contribution in [-0.2, 0) is 6.42 Å². The molecule has 2 N–H and O–H groups in total. The van der Waals surface area contributed by atoms with Crippen LogP contribution in [0.25, 0.3) is 0 Å². The van der Waals surface area contributed by atoms with Crippen LogP contribution in [0.15, 0.2) is 24.4 Å². The van der Waals surface area contributed by atoms with E-state index in [1.165, 1.54) is 23.6 Å². The fourth-order valence-electron chi connectivity index (χ4n) is 1.95. The molecule has 0 aliphatic heterocycles. The highest BCUT2D eigenvalue weighted by Crippen LogP contribution is 2.20. The number of nitrogens with one attached hydrogen (secondary N) is 1. The quantitative estimate of drug-likeness (QED) is 0.858. The van der Waals surface area contributed by atoms with E-state index in [0.29, 0.717) is 4.88 Å². The molecule has 0 saturated carbocycles. The van der Waals surface area contributed by atoms with E-state index in [4.69, 9.17) is 0 Å². The van der Waals surface area contributed by atoms with Gasteiger partial charge in [0.05, 0.1) is 16.8 Å². The number of halogens is 2. The van der Waals surface area contributed by atoms with Crippen LogP contribution < -0.4 is 5.32 Å². The summed E-state index contributed by atoms with van der Waals surface area (Å²) >= 11 is 1.27. The Bertz CT molecular complexity index is 640. The highest BCUT2D eigenvalue weighted by Gasteiger charge is 2.19. The number of aryl methyl sites for hydroxylation is 1. The molecule has 0 saturated heterocycles. The maximum absolute atomic E-state index is 13.5. The predicted molar refractivity (Wildman–Crippen MR) is 79.8 cm³/mol. The van der Waals surface area contributed by atoms with Crippen LogP contribution in [0.3, 0.4) is 0 Å². The molecule has 1 amide bonds. The van der Waals surface area contributed by atoms with Gasteiger partial charge in [-0.1, -0.05) is 13.0 Å². The van der Waals surface area contributed by atoms with Gasteiger partial charge in [-0.2, -0.15) is 0 Å². The third-order valence-electron chi connectivity index (χ3n) is 3.03. The molecule has 1 atom stereocenters. The van der Waals surface area contributed by atoms with E-state index in [9.17, 15) is 18.7 Å². The number of aliphatic hydroxyl groups excluding tert-OH is 1. The Kier molecular flexibility index (Phi) is 5.57. The maximum Gasteiger partial charge on any atom is 0.263 e. The number of hydrogen-bond acceptors (Lipinski definition) is 4. The fraction of sp³-hybridized carbons (Fsp3) is 0.333. The third kappa shape index (κ3) is 3.86. The highest BCUT2D eigenvalue weighted by molar-refractivity contribution is 7.13. The molecule has 0 bridgehead atoms. The number of rotatable bonds is 6. The van der Waals surface area contributed by atoms with Crippen LogP contribution in [0.5, 0.6) is 0 Å². The summed E-state index contributed by atoms with van der Waals surface area (Å²) < 4.78 is 27.0. The summed E-state index contributed by atoms with van der Waals surface area (Å²) in [5, 5.41) is 13.2. The number of carbonyl (C=O) groups is 1. The van der Waals surface area contributed by atoms with Crippen molar-refractivity contribution in [2.45, 2.75) is 25.9 Å². The van der Waals surface area contributed by atoms with Gasteiger partial charge in [-0.15, -0.1) is 11.3 Å². The molecular formula is C15H16F2N2O2S. The zero-order valence-corrected chi connectivity index (χ0v) is 12.8. The first-order valence-electron chi connectivity index (χ1n) is 6.87. The van der Waals surface area contributed by atoms with Crippen molar-refractivity contribution in [3.63, 3.8) is 0 Å². The molecule has 0 radical (unpaired) electrons. The molecule has 4 nitrogen and oxygen atoms in total. The van der Waals surface area contributed by atoms with Gasteiger partial charge in [0.25, 0.3) is 5.91 Å². The van der Waals surface area contributed by atoms with Gasteiger partial charge < -0.3 is 10.4 Å². The fourth-order valence-corrected chi connectivity index (χ4v) is 2.89. The predicted octanol–water partition coefficient (Wildman–Crippen LogP) is 2.84. The van der Waals surface area contributed by atoms with Gasteiger partial charge in [-0.05, 0) is 25.0 Å². The molecule has 118 valence electrons. The van der Waals surface area contributed by atoms with E-state index < -0.39 is 29.2 Å².